The van der Waals surface area contributed by atoms with E-state index in [1.165, 1.54) is 23.1 Å². The number of carbonyl (C=O) groups is 1. The average molecular weight is 275 g/mol. The second-order valence-corrected chi connectivity index (χ2v) is 5.92. The van der Waals surface area contributed by atoms with Crippen LogP contribution in [0.25, 0.3) is 10.9 Å². The Bertz CT molecular complexity index is 857. The Morgan fingerprint density at radius 3 is 2.81 bits per heavy atom. The molecule has 1 aliphatic rings. The summed E-state index contributed by atoms with van der Waals surface area (Å²) in [5.74, 6) is 0.111. The van der Waals surface area contributed by atoms with Crippen molar-refractivity contribution in [2.24, 2.45) is 0 Å². The molecule has 2 heteroatoms. The molecular weight excluding hydrogens is 258 g/mol. The minimum absolute atomic E-state index is 0.111. The second kappa shape index (κ2) is 4.59. The average Bonchev–Trinajstić information content (AvgIpc) is 3.11. The van der Waals surface area contributed by atoms with E-state index in [1.807, 2.05) is 18.3 Å². The van der Waals surface area contributed by atoms with E-state index in [9.17, 15) is 4.79 Å². The molecule has 1 heterocycles. The van der Waals surface area contributed by atoms with Gasteiger partial charge in [-0.05, 0) is 55.0 Å². The van der Waals surface area contributed by atoms with E-state index in [2.05, 4.69) is 36.2 Å². The first-order valence-electron chi connectivity index (χ1n) is 7.46. The molecule has 1 N–H and O–H groups in total. The lowest BCUT2D eigenvalue weighted by molar-refractivity contribution is 0.104. The molecule has 3 aromatic rings. The highest BCUT2D eigenvalue weighted by atomic mass is 16.1. The van der Waals surface area contributed by atoms with Crippen molar-refractivity contribution in [3.05, 3.63) is 70.4 Å². The van der Waals surface area contributed by atoms with Crippen LogP contribution in [0.4, 0.5) is 0 Å². The first-order chi connectivity index (χ1) is 10.2. The standard InChI is InChI=1S/C19H17NO/c1-12-5-8-16-17(11-20-18(16)9-12)19(21)15-7-6-13-3-2-4-14(13)10-15/h5-11,20H,2-4H2,1H3. The predicted octanol–water partition coefficient (Wildman–Crippen LogP) is 4.20. The van der Waals surface area contributed by atoms with Gasteiger partial charge in [0.25, 0.3) is 0 Å². The minimum atomic E-state index is 0.111. The van der Waals surface area contributed by atoms with Gasteiger partial charge in [0.2, 0.25) is 0 Å². The lowest BCUT2D eigenvalue weighted by Gasteiger charge is -2.04. The highest BCUT2D eigenvalue weighted by Gasteiger charge is 2.17. The van der Waals surface area contributed by atoms with Crippen molar-refractivity contribution in [2.75, 3.05) is 0 Å². The van der Waals surface area contributed by atoms with Crippen molar-refractivity contribution in [1.29, 1.82) is 0 Å². The molecule has 0 spiro atoms. The summed E-state index contributed by atoms with van der Waals surface area (Å²) in [6.07, 6.45) is 5.29. The van der Waals surface area contributed by atoms with Crippen LogP contribution in [0.15, 0.2) is 42.6 Å². The van der Waals surface area contributed by atoms with Gasteiger partial charge in [-0.3, -0.25) is 4.79 Å². The van der Waals surface area contributed by atoms with Gasteiger partial charge in [0.1, 0.15) is 0 Å². The number of hydrogen-bond donors (Lipinski definition) is 1. The monoisotopic (exact) mass is 275 g/mol. The topological polar surface area (TPSA) is 32.9 Å². The summed E-state index contributed by atoms with van der Waals surface area (Å²) in [4.78, 5) is 16.0. The van der Waals surface area contributed by atoms with Crippen molar-refractivity contribution in [2.45, 2.75) is 26.2 Å². The molecule has 0 saturated carbocycles. The fourth-order valence-electron chi connectivity index (χ4n) is 3.30. The van der Waals surface area contributed by atoms with Gasteiger partial charge in [0.05, 0.1) is 0 Å². The summed E-state index contributed by atoms with van der Waals surface area (Å²) in [5, 5.41) is 1.01. The van der Waals surface area contributed by atoms with Crippen molar-refractivity contribution in [3.63, 3.8) is 0 Å². The van der Waals surface area contributed by atoms with Crippen molar-refractivity contribution >= 4 is 16.7 Å². The zero-order chi connectivity index (χ0) is 14.4. The van der Waals surface area contributed by atoms with Gasteiger partial charge in [-0.2, -0.15) is 0 Å². The summed E-state index contributed by atoms with van der Waals surface area (Å²) in [6.45, 7) is 2.06. The molecule has 0 aliphatic heterocycles. The highest BCUT2D eigenvalue weighted by Crippen LogP contribution is 2.26. The van der Waals surface area contributed by atoms with Crippen LogP contribution in [0.3, 0.4) is 0 Å². The van der Waals surface area contributed by atoms with Crippen LogP contribution in [-0.2, 0) is 12.8 Å². The molecular formula is C19H17NO. The lowest BCUT2D eigenvalue weighted by Crippen LogP contribution is -2.01. The van der Waals surface area contributed by atoms with E-state index in [0.29, 0.717) is 0 Å². The Morgan fingerprint density at radius 1 is 1.05 bits per heavy atom. The number of fused-ring (bicyclic) bond motifs is 2. The van der Waals surface area contributed by atoms with Gasteiger partial charge in [-0.25, -0.2) is 0 Å². The first kappa shape index (κ1) is 12.4. The van der Waals surface area contributed by atoms with Gasteiger partial charge in [0.15, 0.2) is 5.78 Å². The van der Waals surface area contributed by atoms with Crippen LogP contribution in [0.1, 0.15) is 39.0 Å². The molecule has 104 valence electrons. The van der Waals surface area contributed by atoms with E-state index in [-0.39, 0.29) is 5.78 Å². The third-order valence-corrected chi connectivity index (χ3v) is 4.44. The first-order valence-corrected chi connectivity index (χ1v) is 7.46. The fraction of sp³-hybridized carbons (Fsp3) is 0.211. The number of nitrogens with one attached hydrogen (secondary N) is 1. The predicted molar refractivity (Wildman–Crippen MR) is 84.9 cm³/mol. The number of carbonyl (C=O) groups excluding carboxylic acids is 1. The van der Waals surface area contributed by atoms with Crippen LogP contribution < -0.4 is 0 Å². The van der Waals surface area contributed by atoms with Crippen molar-refractivity contribution in [3.8, 4) is 0 Å². The maximum atomic E-state index is 12.8. The van der Waals surface area contributed by atoms with Gasteiger partial charge in [-0.15, -0.1) is 0 Å². The normalized spacial score (nSPS) is 13.6. The molecule has 1 aliphatic carbocycles. The smallest absolute Gasteiger partial charge is 0.195 e. The molecule has 21 heavy (non-hydrogen) atoms. The van der Waals surface area contributed by atoms with Gasteiger partial charge >= 0.3 is 0 Å². The molecule has 2 aromatic carbocycles. The van der Waals surface area contributed by atoms with Crippen LogP contribution in [-0.4, -0.2) is 10.8 Å². The Kier molecular flexibility index (Phi) is 2.71. The van der Waals surface area contributed by atoms with E-state index >= 15 is 0 Å². The Balaban J connectivity index is 1.79. The highest BCUT2D eigenvalue weighted by molar-refractivity contribution is 6.16. The molecule has 0 amide bonds. The third-order valence-electron chi connectivity index (χ3n) is 4.44. The van der Waals surface area contributed by atoms with Crippen LogP contribution in [0.2, 0.25) is 0 Å². The third kappa shape index (κ3) is 1.99. The summed E-state index contributed by atoms with van der Waals surface area (Å²) in [5.41, 5.74) is 6.54. The van der Waals surface area contributed by atoms with Crippen LogP contribution in [0.5, 0.6) is 0 Å². The van der Waals surface area contributed by atoms with Crippen LogP contribution >= 0.6 is 0 Å². The Hall–Kier alpha value is -2.35. The number of aromatic nitrogens is 1. The number of aryl methyl sites for hydroxylation is 3. The zero-order valence-corrected chi connectivity index (χ0v) is 12.1. The molecule has 1 aromatic heterocycles. The fourth-order valence-corrected chi connectivity index (χ4v) is 3.30. The van der Waals surface area contributed by atoms with Gasteiger partial charge in [-0.1, -0.05) is 24.3 Å². The summed E-state index contributed by atoms with van der Waals surface area (Å²) in [7, 11) is 0. The van der Waals surface area contributed by atoms with E-state index in [0.717, 1.165) is 34.9 Å². The zero-order valence-electron chi connectivity index (χ0n) is 12.1. The molecule has 0 saturated heterocycles. The van der Waals surface area contributed by atoms with E-state index < -0.39 is 0 Å². The van der Waals surface area contributed by atoms with E-state index in [1.54, 1.807) is 0 Å². The summed E-state index contributed by atoms with van der Waals surface area (Å²) >= 11 is 0. The molecule has 0 atom stereocenters. The number of hydrogen-bond acceptors (Lipinski definition) is 1. The second-order valence-electron chi connectivity index (χ2n) is 5.92. The number of H-pyrrole nitrogens is 1. The molecule has 0 radical (unpaired) electrons. The van der Waals surface area contributed by atoms with Gasteiger partial charge in [0, 0.05) is 28.2 Å². The SMILES string of the molecule is Cc1ccc2c(C(=O)c3ccc4c(c3)CCC4)c[nH]c2c1. The number of aromatic amines is 1. The number of rotatable bonds is 2. The molecule has 0 bridgehead atoms. The van der Waals surface area contributed by atoms with E-state index in [4.69, 9.17) is 0 Å². The molecule has 4 rings (SSSR count). The minimum Gasteiger partial charge on any atom is -0.360 e. The summed E-state index contributed by atoms with van der Waals surface area (Å²) < 4.78 is 0. The van der Waals surface area contributed by atoms with Crippen molar-refractivity contribution in [1.82, 2.24) is 4.98 Å². The maximum Gasteiger partial charge on any atom is 0.195 e. The quantitative estimate of drug-likeness (QED) is 0.699. The molecule has 0 unspecified atom stereocenters. The van der Waals surface area contributed by atoms with Crippen molar-refractivity contribution < 1.29 is 4.79 Å². The Morgan fingerprint density at radius 2 is 1.90 bits per heavy atom. The molecule has 0 fully saturated rings. The Labute approximate surface area is 123 Å². The van der Waals surface area contributed by atoms with Gasteiger partial charge < -0.3 is 4.98 Å². The lowest BCUT2D eigenvalue weighted by atomic mass is 9.99. The summed E-state index contributed by atoms with van der Waals surface area (Å²) in [6, 6.07) is 12.3. The molecule has 2 nitrogen and oxygen atoms in total. The largest absolute Gasteiger partial charge is 0.360 e. The number of ketones is 1. The maximum absolute atomic E-state index is 12.8. The number of benzene rings is 2. The van der Waals surface area contributed by atoms with Crippen LogP contribution in [0, 0.1) is 6.92 Å².